The van der Waals surface area contributed by atoms with Crippen molar-refractivity contribution < 1.29 is 4.79 Å². The van der Waals surface area contributed by atoms with Crippen molar-refractivity contribution in [3.05, 3.63) is 47.0 Å². The van der Waals surface area contributed by atoms with Gasteiger partial charge in [0, 0.05) is 17.6 Å². The molecular weight excluding hydrogens is 268 g/mol. The number of carbonyl (C=O) groups excluding carboxylic acids is 1. The fraction of sp³-hybridized carbons (Fsp3) is 0.476. The summed E-state index contributed by atoms with van der Waals surface area (Å²) in [6.07, 6.45) is 13.7. The Morgan fingerprint density at radius 3 is 2.18 bits per heavy atom. The van der Waals surface area contributed by atoms with Gasteiger partial charge in [0.1, 0.15) is 0 Å². The topological polar surface area (TPSA) is 17.1 Å². The van der Waals surface area contributed by atoms with Gasteiger partial charge in [0.05, 0.1) is 0 Å². The molecule has 1 nitrogen and oxygen atoms in total. The number of unbranched alkanes of at least 4 members (excludes halogenated alkanes) is 2. The molecule has 0 saturated heterocycles. The third-order valence-corrected chi connectivity index (χ3v) is 3.96. The minimum Gasteiger partial charge on any atom is -0.294 e. The normalized spacial score (nSPS) is 11.7. The molecule has 0 heterocycles. The van der Waals surface area contributed by atoms with Crippen LogP contribution in [0.15, 0.2) is 41.5 Å². The average Bonchev–Trinajstić information content (AvgIpc) is 2.57. The van der Waals surface area contributed by atoms with Crippen molar-refractivity contribution in [2.24, 2.45) is 0 Å². The first-order valence-corrected chi connectivity index (χ1v) is 8.48. The Morgan fingerprint density at radius 2 is 1.59 bits per heavy atom. The van der Waals surface area contributed by atoms with Crippen LogP contribution >= 0.6 is 0 Å². The summed E-state index contributed by atoms with van der Waals surface area (Å²) >= 11 is 0. The largest absolute Gasteiger partial charge is 0.294 e. The van der Waals surface area contributed by atoms with E-state index in [9.17, 15) is 4.79 Å². The lowest BCUT2D eigenvalue weighted by atomic mass is 9.93. The van der Waals surface area contributed by atoms with Crippen LogP contribution in [0.3, 0.4) is 0 Å². The van der Waals surface area contributed by atoms with Gasteiger partial charge >= 0.3 is 0 Å². The highest BCUT2D eigenvalue weighted by Crippen LogP contribution is 2.23. The Kier molecular flexibility index (Phi) is 9.00. The Labute approximate surface area is 135 Å². The molecule has 0 aliphatic carbocycles. The third kappa shape index (κ3) is 6.31. The van der Waals surface area contributed by atoms with Gasteiger partial charge in [0.25, 0.3) is 0 Å². The molecule has 1 aromatic carbocycles. The molecule has 118 valence electrons. The summed E-state index contributed by atoms with van der Waals surface area (Å²) in [7, 11) is 0. The fourth-order valence-electron chi connectivity index (χ4n) is 2.55. The minimum atomic E-state index is 0.210. The first-order chi connectivity index (χ1) is 10.7. The van der Waals surface area contributed by atoms with E-state index in [0.29, 0.717) is 6.42 Å². The number of terminal acetylenes is 1. The van der Waals surface area contributed by atoms with E-state index >= 15 is 0 Å². The van der Waals surface area contributed by atoms with Gasteiger partial charge in [-0.15, -0.1) is 6.42 Å². The monoisotopic (exact) mass is 296 g/mol. The van der Waals surface area contributed by atoms with Crippen molar-refractivity contribution in [1.82, 2.24) is 0 Å². The van der Waals surface area contributed by atoms with E-state index in [2.05, 4.69) is 19.8 Å². The van der Waals surface area contributed by atoms with Crippen molar-refractivity contribution in [1.29, 1.82) is 0 Å². The summed E-state index contributed by atoms with van der Waals surface area (Å²) in [5.74, 6) is 3.09. The number of allylic oxidation sites excluding steroid dienone is 2. The molecule has 1 aromatic rings. The van der Waals surface area contributed by atoms with E-state index in [-0.39, 0.29) is 5.78 Å². The molecule has 0 radical (unpaired) electrons. The molecule has 0 fully saturated rings. The SMILES string of the molecule is C#C/C(CCCC)=C(/CCCC)CCC(=O)c1ccccc1. The molecule has 0 aliphatic heterocycles. The molecular formula is C21H28O. The smallest absolute Gasteiger partial charge is 0.163 e. The molecule has 0 aliphatic rings. The van der Waals surface area contributed by atoms with Crippen LogP contribution in [0.1, 0.15) is 75.6 Å². The van der Waals surface area contributed by atoms with Gasteiger partial charge in [-0.2, -0.15) is 0 Å². The van der Waals surface area contributed by atoms with Crippen LogP contribution in [0.25, 0.3) is 0 Å². The Hall–Kier alpha value is -1.81. The van der Waals surface area contributed by atoms with E-state index < -0.39 is 0 Å². The molecule has 0 aromatic heterocycles. The summed E-state index contributed by atoms with van der Waals surface area (Å²) in [6, 6.07) is 9.53. The second kappa shape index (κ2) is 10.9. The van der Waals surface area contributed by atoms with Crippen LogP contribution in [-0.2, 0) is 0 Å². The summed E-state index contributed by atoms with van der Waals surface area (Å²) in [4.78, 5) is 12.3. The van der Waals surface area contributed by atoms with Crippen LogP contribution in [-0.4, -0.2) is 5.78 Å². The molecule has 0 bridgehead atoms. The first-order valence-electron chi connectivity index (χ1n) is 8.48. The molecule has 0 saturated carbocycles. The van der Waals surface area contributed by atoms with Crippen molar-refractivity contribution in [3.63, 3.8) is 0 Å². The molecule has 0 amide bonds. The van der Waals surface area contributed by atoms with E-state index in [1.165, 1.54) is 5.57 Å². The van der Waals surface area contributed by atoms with Gasteiger partial charge in [-0.25, -0.2) is 0 Å². The first kappa shape index (κ1) is 18.2. The standard InChI is InChI=1S/C21H28O/c1-4-7-12-18(6-3)19(13-8-5-2)16-17-21(22)20-14-10-9-11-15-20/h3,9-11,14-15H,4-5,7-8,12-13,16-17H2,1-2H3/b19-18+. The molecule has 1 heteroatoms. The second-order valence-electron chi connectivity index (χ2n) is 5.72. The Bertz CT molecular complexity index is 517. The van der Waals surface area contributed by atoms with Gasteiger partial charge in [-0.1, -0.05) is 68.5 Å². The zero-order valence-electron chi connectivity index (χ0n) is 14.0. The molecule has 0 atom stereocenters. The van der Waals surface area contributed by atoms with E-state index in [0.717, 1.165) is 56.1 Å². The van der Waals surface area contributed by atoms with E-state index in [4.69, 9.17) is 6.42 Å². The van der Waals surface area contributed by atoms with Crippen molar-refractivity contribution >= 4 is 5.78 Å². The summed E-state index contributed by atoms with van der Waals surface area (Å²) < 4.78 is 0. The highest BCUT2D eigenvalue weighted by Gasteiger charge is 2.10. The summed E-state index contributed by atoms with van der Waals surface area (Å²) in [5, 5.41) is 0. The molecule has 0 unspecified atom stereocenters. The molecule has 0 spiro atoms. The zero-order valence-corrected chi connectivity index (χ0v) is 14.0. The lowest BCUT2D eigenvalue weighted by molar-refractivity contribution is 0.0982. The fourth-order valence-corrected chi connectivity index (χ4v) is 2.55. The van der Waals surface area contributed by atoms with Crippen LogP contribution in [0.5, 0.6) is 0 Å². The Morgan fingerprint density at radius 1 is 0.955 bits per heavy atom. The predicted molar refractivity (Wildman–Crippen MR) is 94.9 cm³/mol. The Balaban J connectivity index is 2.74. The van der Waals surface area contributed by atoms with Gasteiger partial charge in [-0.05, 0) is 32.1 Å². The quantitative estimate of drug-likeness (QED) is 0.384. The predicted octanol–water partition coefficient (Wildman–Crippen LogP) is 5.96. The summed E-state index contributed by atoms with van der Waals surface area (Å²) in [5.41, 5.74) is 3.26. The van der Waals surface area contributed by atoms with E-state index in [1.54, 1.807) is 0 Å². The highest BCUT2D eigenvalue weighted by atomic mass is 16.1. The number of hydrogen-bond donors (Lipinski definition) is 0. The number of Topliss-reactive ketones (excluding diaryl/α,β-unsaturated/α-hetero) is 1. The maximum atomic E-state index is 12.3. The van der Waals surface area contributed by atoms with Gasteiger partial charge < -0.3 is 0 Å². The minimum absolute atomic E-state index is 0.210. The molecule has 0 N–H and O–H groups in total. The lowest BCUT2D eigenvalue weighted by Crippen LogP contribution is -2.01. The number of benzene rings is 1. The zero-order chi connectivity index (χ0) is 16.2. The summed E-state index contributed by atoms with van der Waals surface area (Å²) in [6.45, 7) is 4.37. The van der Waals surface area contributed by atoms with Crippen molar-refractivity contribution in [3.8, 4) is 12.3 Å². The number of rotatable bonds is 10. The lowest BCUT2D eigenvalue weighted by Gasteiger charge is -2.11. The molecule has 1 rings (SSSR count). The van der Waals surface area contributed by atoms with Crippen LogP contribution in [0.2, 0.25) is 0 Å². The highest BCUT2D eigenvalue weighted by molar-refractivity contribution is 5.96. The maximum absolute atomic E-state index is 12.3. The van der Waals surface area contributed by atoms with Crippen molar-refractivity contribution in [2.45, 2.75) is 65.2 Å². The number of carbonyl (C=O) groups is 1. The maximum Gasteiger partial charge on any atom is 0.163 e. The second-order valence-corrected chi connectivity index (χ2v) is 5.72. The number of ketones is 1. The van der Waals surface area contributed by atoms with Crippen LogP contribution in [0, 0.1) is 12.3 Å². The number of hydrogen-bond acceptors (Lipinski definition) is 1. The van der Waals surface area contributed by atoms with Gasteiger partial charge in [0.15, 0.2) is 5.78 Å². The third-order valence-electron chi connectivity index (χ3n) is 3.96. The van der Waals surface area contributed by atoms with Crippen LogP contribution in [0.4, 0.5) is 0 Å². The average molecular weight is 296 g/mol. The van der Waals surface area contributed by atoms with E-state index in [1.807, 2.05) is 30.3 Å². The van der Waals surface area contributed by atoms with Crippen LogP contribution < -0.4 is 0 Å². The molecule has 22 heavy (non-hydrogen) atoms. The van der Waals surface area contributed by atoms with Gasteiger partial charge in [0.2, 0.25) is 0 Å². The van der Waals surface area contributed by atoms with Crippen molar-refractivity contribution in [2.75, 3.05) is 0 Å². The van der Waals surface area contributed by atoms with Gasteiger partial charge in [-0.3, -0.25) is 4.79 Å².